The molecule has 3 rings (SSSR count). The lowest BCUT2D eigenvalue weighted by Crippen LogP contribution is -2.46. The standard InChI is InChI=1S/C22H27N3O3/c1-24(13-10-17-6-4-3-5-7-17)19-11-14-25(15-12-19)21(26)18-8-9-20(23-16-18)22(27)28-2/h3-9,16,19H,10-15H2,1-2H3. The summed E-state index contributed by atoms with van der Waals surface area (Å²) in [7, 11) is 3.48. The van der Waals surface area contributed by atoms with Crippen molar-refractivity contribution in [2.24, 2.45) is 0 Å². The Balaban J connectivity index is 1.49. The van der Waals surface area contributed by atoms with E-state index in [1.807, 2.05) is 11.0 Å². The molecule has 1 aromatic heterocycles. The number of methoxy groups -OCH3 is 1. The molecule has 1 aliphatic rings. The summed E-state index contributed by atoms with van der Waals surface area (Å²) in [6, 6.07) is 14.2. The smallest absolute Gasteiger partial charge is 0.356 e. The molecular weight excluding hydrogens is 354 g/mol. The largest absolute Gasteiger partial charge is 0.464 e. The molecule has 2 aromatic rings. The highest BCUT2D eigenvalue weighted by Gasteiger charge is 2.26. The third-order valence-corrected chi connectivity index (χ3v) is 5.38. The number of pyridine rings is 1. The van der Waals surface area contributed by atoms with Gasteiger partial charge in [0.05, 0.1) is 12.7 Å². The first-order valence-corrected chi connectivity index (χ1v) is 9.66. The van der Waals surface area contributed by atoms with Gasteiger partial charge in [0.25, 0.3) is 5.91 Å². The van der Waals surface area contributed by atoms with Gasteiger partial charge in [0.15, 0.2) is 0 Å². The minimum Gasteiger partial charge on any atom is -0.464 e. The number of piperidine rings is 1. The molecule has 0 aliphatic carbocycles. The van der Waals surface area contributed by atoms with Gasteiger partial charge in [-0.3, -0.25) is 4.79 Å². The Morgan fingerprint density at radius 1 is 1.14 bits per heavy atom. The molecule has 0 unspecified atom stereocenters. The summed E-state index contributed by atoms with van der Waals surface area (Å²) in [5, 5.41) is 0. The van der Waals surface area contributed by atoms with E-state index in [1.54, 1.807) is 6.07 Å². The molecule has 0 bridgehead atoms. The van der Waals surface area contributed by atoms with Crippen molar-refractivity contribution in [2.75, 3.05) is 33.8 Å². The normalized spacial score (nSPS) is 14.9. The molecule has 0 N–H and O–H groups in total. The van der Waals surface area contributed by atoms with Gasteiger partial charge in [0.2, 0.25) is 0 Å². The zero-order valence-electron chi connectivity index (χ0n) is 16.5. The Bertz CT molecular complexity index is 784. The second-order valence-corrected chi connectivity index (χ2v) is 7.16. The van der Waals surface area contributed by atoms with E-state index >= 15 is 0 Å². The summed E-state index contributed by atoms with van der Waals surface area (Å²) >= 11 is 0. The minimum atomic E-state index is -0.502. The highest BCUT2D eigenvalue weighted by molar-refractivity contribution is 5.95. The topological polar surface area (TPSA) is 62.7 Å². The number of benzene rings is 1. The van der Waals surface area contributed by atoms with Gasteiger partial charge in [0.1, 0.15) is 5.69 Å². The van der Waals surface area contributed by atoms with Crippen LogP contribution < -0.4 is 0 Å². The molecule has 0 spiro atoms. The molecule has 0 atom stereocenters. The Morgan fingerprint density at radius 2 is 1.86 bits per heavy atom. The molecular formula is C22H27N3O3. The third-order valence-electron chi connectivity index (χ3n) is 5.38. The fourth-order valence-electron chi connectivity index (χ4n) is 3.57. The monoisotopic (exact) mass is 381 g/mol. The van der Waals surface area contributed by atoms with Crippen molar-refractivity contribution in [1.82, 2.24) is 14.8 Å². The van der Waals surface area contributed by atoms with Crippen molar-refractivity contribution in [2.45, 2.75) is 25.3 Å². The molecule has 0 saturated carbocycles. The van der Waals surface area contributed by atoms with Gasteiger partial charge in [-0.1, -0.05) is 30.3 Å². The van der Waals surface area contributed by atoms with Crippen LogP contribution in [0, 0.1) is 0 Å². The molecule has 2 heterocycles. The van der Waals surface area contributed by atoms with E-state index in [4.69, 9.17) is 0 Å². The van der Waals surface area contributed by atoms with E-state index in [1.165, 1.54) is 24.9 Å². The molecule has 1 fully saturated rings. The third kappa shape index (κ3) is 4.95. The van der Waals surface area contributed by atoms with Crippen LogP contribution in [0.5, 0.6) is 0 Å². The lowest BCUT2D eigenvalue weighted by molar-refractivity contribution is 0.0590. The maximum absolute atomic E-state index is 12.7. The maximum atomic E-state index is 12.7. The van der Waals surface area contributed by atoms with Crippen LogP contribution in [0.2, 0.25) is 0 Å². The zero-order valence-corrected chi connectivity index (χ0v) is 16.5. The Hall–Kier alpha value is -2.73. The Labute approximate surface area is 166 Å². The van der Waals surface area contributed by atoms with E-state index in [-0.39, 0.29) is 11.6 Å². The van der Waals surface area contributed by atoms with Gasteiger partial charge in [-0.15, -0.1) is 0 Å². The van der Waals surface area contributed by atoms with Crippen LogP contribution in [0.1, 0.15) is 39.3 Å². The van der Waals surface area contributed by atoms with Crippen LogP contribution in [0.3, 0.4) is 0 Å². The number of carbonyl (C=O) groups excluding carboxylic acids is 2. The molecule has 1 aromatic carbocycles. The number of likely N-dealkylation sites (tertiary alicyclic amines) is 1. The quantitative estimate of drug-likeness (QED) is 0.720. The molecule has 148 valence electrons. The average Bonchev–Trinajstić information content (AvgIpc) is 2.77. The van der Waals surface area contributed by atoms with Gasteiger partial charge < -0.3 is 14.5 Å². The Kier molecular flexibility index (Phi) is 6.76. The van der Waals surface area contributed by atoms with E-state index < -0.39 is 5.97 Å². The lowest BCUT2D eigenvalue weighted by Gasteiger charge is -2.36. The van der Waals surface area contributed by atoms with E-state index in [9.17, 15) is 9.59 Å². The van der Waals surface area contributed by atoms with Crippen molar-refractivity contribution in [3.8, 4) is 0 Å². The molecule has 0 radical (unpaired) electrons. The van der Waals surface area contributed by atoms with Crippen molar-refractivity contribution >= 4 is 11.9 Å². The van der Waals surface area contributed by atoms with Gasteiger partial charge in [-0.05, 0) is 44.0 Å². The van der Waals surface area contributed by atoms with Crippen molar-refractivity contribution in [1.29, 1.82) is 0 Å². The first-order chi connectivity index (χ1) is 13.6. The first-order valence-electron chi connectivity index (χ1n) is 9.66. The fraction of sp³-hybridized carbons (Fsp3) is 0.409. The summed E-state index contributed by atoms with van der Waals surface area (Å²) in [6.07, 6.45) is 4.41. The Morgan fingerprint density at radius 3 is 2.46 bits per heavy atom. The number of likely N-dealkylation sites (N-methyl/N-ethyl adjacent to an activating group) is 1. The number of aromatic nitrogens is 1. The number of hydrogen-bond acceptors (Lipinski definition) is 5. The predicted molar refractivity (Wildman–Crippen MR) is 107 cm³/mol. The number of ether oxygens (including phenoxy) is 1. The summed E-state index contributed by atoms with van der Waals surface area (Å²) in [5.41, 5.74) is 2.06. The highest BCUT2D eigenvalue weighted by Crippen LogP contribution is 2.18. The second-order valence-electron chi connectivity index (χ2n) is 7.16. The van der Waals surface area contributed by atoms with Crippen LogP contribution in [0.15, 0.2) is 48.7 Å². The molecule has 6 nitrogen and oxygen atoms in total. The van der Waals surface area contributed by atoms with Crippen LogP contribution >= 0.6 is 0 Å². The fourth-order valence-corrected chi connectivity index (χ4v) is 3.57. The van der Waals surface area contributed by atoms with Crippen molar-refractivity contribution in [3.63, 3.8) is 0 Å². The molecule has 1 aliphatic heterocycles. The van der Waals surface area contributed by atoms with Crippen LogP contribution in [0.25, 0.3) is 0 Å². The predicted octanol–water partition coefficient (Wildman–Crippen LogP) is 2.65. The number of rotatable bonds is 6. The van der Waals surface area contributed by atoms with Crippen LogP contribution in [-0.4, -0.2) is 66.5 Å². The van der Waals surface area contributed by atoms with Gasteiger partial charge in [-0.2, -0.15) is 0 Å². The van der Waals surface area contributed by atoms with Gasteiger partial charge in [0, 0.05) is 31.9 Å². The maximum Gasteiger partial charge on any atom is 0.356 e. The SMILES string of the molecule is COC(=O)c1ccc(C(=O)N2CCC(N(C)CCc3ccccc3)CC2)cn1. The van der Waals surface area contributed by atoms with Crippen LogP contribution in [0.4, 0.5) is 0 Å². The molecule has 6 heteroatoms. The van der Waals surface area contributed by atoms with Crippen molar-refractivity contribution < 1.29 is 14.3 Å². The summed E-state index contributed by atoms with van der Waals surface area (Å²) in [5.74, 6) is -0.535. The van der Waals surface area contributed by atoms with Gasteiger partial charge >= 0.3 is 5.97 Å². The number of nitrogens with zero attached hydrogens (tertiary/aromatic N) is 3. The minimum absolute atomic E-state index is 0.0331. The van der Waals surface area contributed by atoms with Gasteiger partial charge in [-0.25, -0.2) is 9.78 Å². The van der Waals surface area contributed by atoms with E-state index in [0.29, 0.717) is 11.6 Å². The number of carbonyl (C=O) groups is 2. The van der Waals surface area contributed by atoms with E-state index in [2.05, 4.69) is 45.9 Å². The lowest BCUT2D eigenvalue weighted by atomic mass is 10.0. The number of hydrogen-bond donors (Lipinski definition) is 0. The summed E-state index contributed by atoms with van der Waals surface area (Å²) < 4.78 is 4.63. The summed E-state index contributed by atoms with van der Waals surface area (Å²) in [6.45, 7) is 2.48. The zero-order chi connectivity index (χ0) is 19.9. The average molecular weight is 381 g/mol. The van der Waals surface area contributed by atoms with Crippen molar-refractivity contribution in [3.05, 3.63) is 65.5 Å². The van der Waals surface area contributed by atoms with Crippen LogP contribution in [-0.2, 0) is 11.2 Å². The van der Waals surface area contributed by atoms with E-state index in [0.717, 1.165) is 38.9 Å². The highest BCUT2D eigenvalue weighted by atomic mass is 16.5. The molecule has 1 saturated heterocycles. The number of esters is 1. The molecule has 28 heavy (non-hydrogen) atoms. The molecule has 1 amide bonds. The second kappa shape index (κ2) is 9.46. The summed E-state index contributed by atoms with van der Waals surface area (Å²) in [4.78, 5) is 32.5. The first kappa shape index (κ1) is 20.0. The number of amides is 1.